The summed E-state index contributed by atoms with van der Waals surface area (Å²) in [5, 5.41) is 2.80. The normalized spacial score (nSPS) is 29.2. The van der Waals surface area contributed by atoms with Gasteiger partial charge in [-0.2, -0.15) is 0 Å². The molecule has 0 aromatic rings. The molecular formula is C14H23N3O2. The van der Waals surface area contributed by atoms with E-state index in [-0.39, 0.29) is 17.7 Å². The van der Waals surface area contributed by atoms with Crippen LogP contribution in [0.5, 0.6) is 0 Å². The van der Waals surface area contributed by atoms with Crippen LogP contribution in [-0.4, -0.2) is 60.9 Å². The lowest BCUT2D eigenvalue weighted by molar-refractivity contribution is -0.139. The van der Waals surface area contributed by atoms with Crippen LogP contribution in [0.2, 0.25) is 0 Å². The first kappa shape index (κ1) is 12.9. The molecule has 3 rings (SSSR count). The molecule has 2 heterocycles. The van der Waals surface area contributed by atoms with Crippen molar-refractivity contribution in [3.8, 4) is 0 Å². The lowest BCUT2D eigenvalue weighted by Gasteiger charge is -2.37. The number of nitrogens with one attached hydrogen (secondary N) is 1. The Balaban J connectivity index is 1.44. The van der Waals surface area contributed by atoms with E-state index in [1.54, 1.807) is 0 Å². The van der Waals surface area contributed by atoms with Gasteiger partial charge in [0.25, 0.3) is 0 Å². The van der Waals surface area contributed by atoms with Gasteiger partial charge in [-0.3, -0.25) is 14.5 Å². The van der Waals surface area contributed by atoms with E-state index in [4.69, 9.17) is 0 Å². The second kappa shape index (κ2) is 5.49. The molecule has 1 saturated carbocycles. The predicted molar refractivity (Wildman–Crippen MR) is 71.5 cm³/mol. The van der Waals surface area contributed by atoms with Crippen molar-refractivity contribution in [2.75, 3.05) is 39.3 Å². The maximum Gasteiger partial charge on any atom is 0.227 e. The zero-order valence-corrected chi connectivity index (χ0v) is 11.4. The lowest BCUT2D eigenvalue weighted by Crippen LogP contribution is -2.52. The Bertz CT molecular complexity index is 350. The third-order valence-corrected chi connectivity index (χ3v) is 4.51. The fraction of sp³-hybridized carbons (Fsp3) is 0.857. The Morgan fingerprint density at radius 2 is 1.89 bits per heavy atom. The van der Waals surface area contributed by atoms with Crippen molar-refractivity contribution in [1.29, 1.82) is 0 Å². The van der Waals surface area contributed by atoms with Gasteiger partial charge in [-0.1, -0.05) is 0 Å². The quantitative estimate of drug-likeness (QED) is 0.785. The van der Waals surface area contributed by atoms with Crippen LogP contribution in [0.4, 0.5) is 0 Å². The summed E-state index contributed by atoms with van der Waals surface area (Å²) in [6.07, 6.45) is 3.99. The van der Waals surface area contributed by atoms with Crippen LogP contribution >= 0.6 is 0 Å². The van der Waals surface area contributed by atoms with Crippen LogP contribution in [0, 0.1) is 11.8 Å². The smallest absolute Gasteiger partial charge is 0.227 e. The number of carbonyl (C=O) groups excluding carboxylic acids is 2. The molecule has 0 spiro atoms. The van der Waals surface area contributed by atoms with Gasteiger partial charge in [0.2, 0.25) is 11.8 Å². The first-order valence-corrected chi connectivity index (χ1v) is 7.50. The summed E-state index contributed by atoms with van der Waals surface area (Å²) < 4.78 is 0. The SMILES string of the molecule is O=C1CCC(C(=O)N2CCN(CC3CC3)CC2)CN1. The summed E-state index contributed by atoms with van der Waals surface area (Å²) in [6, 6.07) is 0. The zero-order valence-electron chi connectivity index (χ0n) is 11.4. The molecule has 0 aromatic heterocycles. The number of carbonyl (C=O) groups is 2. The molecule has 5 heteroatoms. The minimum atomic E-state index is 0.00711. The van der Waals surface area contributed by atoms with Crippen molar-refractivity contribution < 1.29 is 9.59 Å². The van der Waals surface area contributed by atoms with Gasteiger partial charge in [0, 0.05) is 45.7 Å². The minimum Gasteiger partial charge on any atom is -0.355 e. The first-order chi connectivity index (χ1) is 9.22. The molecule has 1 atom stereocenters. The summed E-state index contributed by atoms with van der Waals surface area (Å²) in [5.41, 5.74) is 0. The maximum atomic E-state index is 12.4. The fourth-order valence-corrected chi connectivity index (χ4v) is 3.02. The van der Waals surface area contributed by atoms with E-state index in [0.717, 1.165) is 32.1 Å². The van der Waals surface area contributed by atoms with Crippen molar-refractivity contribution in [2.24, 2.45) is 11.8 Å². The number of hydrogen-bond acceptors (Lipinski definition) is 3. The first-order valence-electron chi connectivity index (χ1n) is 7.50. The molecule has 1 aliphatic carbocycles. The summed E-state index contributed by atoms with van der Waals surface area (Å²) in [7, 11) is 0. The predicted octanol–water partition coefficient (Wildman–Crippen LogP) is 0.0668. The summed E-state index contributed by atoms with van der Waals surface area (Å²) in [5.74, 6) is 1.26. The number of rotatable bonds is 3. The van der Waals surface area contributed by atoms with E-state index in [0.29, 0.717) is 19.4 Å². The second-order valence-corrected chi connectivity index (χ2v) is 6.11. The summed E-state index contributed by atoms with van der Waals surface area (Å²) in [4.78, 5) is 28.0. The maximum absolute atomic E-state index is 12.4. The average Bonchev–Trinajstić information content (AvgIpc) is 3.24. The van der Waals surface area contributed by atoms with Gasteiger partial charge in [-0.15, -0.1) is 0 Å². The molecule has 2 amide bonds. The van der Waals surface area contributed by atoms with E-state index in [2.05, 4.69) is 10.2 Å². The molecule has 5 nitrogen and oxygen atoms in total. The van der Waals surface area contributed by atoms with Crippen LogP contribution < -0.4 is 5.32 Å². The highest BCUT2D eigenvalue weighted by Crippen LogP contribution is 2.30. The molecule has 19 heavy (non-hydrogen) atoms. The average molecular weight is 265 g/mol. The zero-order chi connectivity index (χ0) is 13.2. The Hall–Kier alpha value is -1.10. The summed E-state index contributed by atoms with van der Waals surface area (Å²) in [6.45, 7) is 5.50. The van der Waals surface area contributed by atoms with E-state index < -0.39 is 0 Å². The highest BCUT2D eigenvalue weighted by Gasteiger charge is 2.31. The molecule has 0 bridgehead atoms. The monoisotopic (exact) mass is 265 g/mol. The minimum absolute atomic E-state index is 0.00711. The van der Waals surface area contributed by atoms with Gasteiger partial charge in [0.1, 0.15) is 0 Å². The van der Waals surface area contributed by atoms with E-state index in [1.165, 1.54) is 19.4 Å². The van der Waals surface area contributed by atoms with Crippen molar-refractivity contribution >= 4 is 11.8 Å². The molecular weight excluding hydrogens is 242 g/mol. The molecule has 2 saturated heterocycles. The second-order valence-electron chi connectivity index (χ2n) is 6.11. The van der Waals surface area contributed by atoms with Crippen LogP contribution in [0.15, 0.2) is 0 Å². The molecule has 1 N–H and O–H groups in total. The standard InChI is InChI=1S/C14H23N3O2/c18-13-4-3-12(9-15-13)14(19)17-7-5-16(6-8-17)10-11-1-2-11/h11-12H,1-10H2,(H,15,18). The highest BCUT2D eigenvalue weighted by molar-refractivity contribution is 5.83. The number of nitrogens with zero attached hydrogens (tertiary/aromatic N) is 2. The van der Waals surface area contributed by atoms with Gasteiger partial charge < -0.3 is 10.2 Å². The summed E-state index contributed by atoms with van der Waals surface area (Å²) >= 11 is 0. The molecule has 1 unspecified atom stereocenters. The van der Waals surface area contributed by atoms with E-state index in [1.807, 2.05) is 4.90 Å². The van der Waals surface area contributed by atoms with Crippen LogP contribution in [-0.2, 0) is 9.59 Å². The molecule has 106 valence electrons. The third-order valence-electron chi connectivity index (χ3n) is 4.51. The molecule has 0 radical (unpaired) electrons. The Morgan fingerprint density at radius 1 is 1.16 bits per heavy atom. The van der Waals surface area contributed by atoms with Crippen molar-refractivity contribution in [1.82, 2.24) is 15.1 Å². The van der Waals surface area contributed by atoms with Gasteiger partial charge in [0.05, 0.1) is 5.92 Å². The van der Waals surface area contributed by atoms with Crippen molar-refractivity contribution in [3.63, 3.8) is 0 Å². The Labute approximate surface area is 114 Å². The molecule has 3 aliphatic rings. The van der Waals surface area contributed by atoms with Gasteiger partial charge in [0.15, 0.2) is 0 Å². The largest absolute Gasteiger partial charge is 0.355 e. The number of amides is 2. The number of piperidine rings is 1. The molecule has 3 fully saturated rings. The van der Waals surface area contributed by atoms with Crippen LogP contribution in [0.25, 0.3) is 0 Å². The van der Waals surface area contributed by atoms with Gasteiger partial charge in [-0.25, -0.2) is 0 Å². The third kappa shape index (κ3) is 3.26. The van der Waals surface area contributed by atoms with E-state index in [9.17, 15) is 9.59 Å². The lowest BCUT2D eigenvalue weighted by atomic mass is 9.97. The number of piperazine rings is 1. The van der Waals surface area contributed by atoms with E-state index >= 15 is 0 Å². The van der Waals surface area contributed by atoms with Crippen LogP contribution in [0.1, 0.15) is 25.7 Å². The van der Waals surface area contributed by atoms with Gasteiger partial charge in [-0.05, 0) is 25.2 Å². The molecule has 0 aromatic carbocycles. The van der Waals surface area contributed by atoms with Gasteiger partial charge >= 0.3 is 0 Å². The van der Waals surface area contributed by atoms with Crippen molar-refractivity contribution in [2.45, 2.75) is 25.7 Å². The number of hydrogen-bond donors (Lipinski definition) is 1. The Morgan fingerprint density at radius 3 is 2.47 bits per heavy atom. The Kier molecular flexibility index (Phi) is 3.73. The van der Waals surface area contributed by atoms with Crippen LogP contribution in [0.3, 0.4) is 0 Å². The highest BCUT2D eigenvalue weighted by atomic mass is 16.2. The molecule has 2 aliphatic heterocycles. The fourth-order valence-electron chi connectivity index (χ4n) is 3.02. The topological polar surface area (TPSA) is 52.7 Å². The van der Waals surface area contributed by atoms with Crippen molar-refractivity contribution in [3.05, 3.63) is 0 Å².